The Hall–Kier alpha value is -9.12. The lowest BCUT2D eigenvalue weighted by atomic mass is 9.95. The number of thioether (sulfide) groups is 1. The van der Waals surface area contributed by atoms with Crippen molar-refractivity contribution in [2.24, 2.45) is 40.5 Å². The number of aliphatic carboxylic acids is 2. The second kappa shape index (κ2) is 56.1. The van der Waals surface area contributed by atoms with Crippen LogP contribution in [0.25, 0.3) is 0 Å². The highest BCUT2D eigenvalue weighted by Crippen LogP contribution is 2.15. The Bertz CT molecular complexity index is 3090. The Labute approximate surface area is 653 Å². The van der Waals surface area contributed by atoms with Gasteiger partial charge in [-0.3, -0.25) is 81.5 Å². The van der Waals surface area contributed by atoms with Gasteiger partial charge in [-0.05, 0) is 134 Å². The molecule has 0 aromatic rings. The molecule has 0 fully saturated rings. The van der Waals surface area contributed by atoms with E-state index in [2.05, 4.69) is 79.8 Å². The van der Waals surface area contributed by atoms with Crippen molar-refractivity contribution in [3.63, 3.8) is 0 Å². The summed E-state index contributed by atoms with van der Waals surface area (Å²) in [6.07, 6.45) is -0.197. The summed E-state index contributed by atoms with van der Waals surface area (Å²) in [4.78, 5) is 238. The maximum atomic E-state index is 14.4. The Kier molecular flexibility index (Phi) is 51.5. The number of carboxylic acids is 2. The van der Waals surface area contributed by atoms with Gasteiger partial charge in [0.15, 0.2) is 0 Å². The molecule has 0 heterocycles. The molecular weight excluding hydrogens is 1500 g/mol. The van der Waals surface area contributed by atoms with Crippen molar-refractivity contribution in [3.05, 3.63) is 0 Å². The van der Waals surface area contributed by atoms with Gasteiger partial charge in [-0.25, -0.2) is 4.79 Å². The summed E-state index contributed by atoms with van der Waals surface area (Å²) in [6, 6.07) is -19.8. The molecule has 111 heavy (non-hydrogen) atoms. The molecule has 43 nitrogen and oxygen atoms in total. The third kappa shape index (κ3) is 41.1. The van der Waals surface area contributed by atoms with E-state index in [0.29, 0.717) is 31.4 Å². The van der Waals surface area contributed by atoms with E-state index in [-0.39, 0.29) is 76.8 Å². The predicted octanol–water partition coefficient (Wildman–Crippen LogP) is -9.88. The molecule has 0 bridgehead atoms. The number of rotatable bonds is 59. The van der Waals surface area contributed by atoms with E-state index < -0.39 is 255 Å². The molecule has 1 radical (unpaired) electrons. The first-order valence-electron chi connectivity index (χ1n) is 36.3. The van der Waals surface area contributed by atoms with Crippen LogP contribution in [0.2, 0.25) is 0 Å². The van der Waals surface area contributed by atoms with E-state index in [9.17, 15) is 112 Å². The van der Waals surface area contributed by atoms with Crippen LogP contribution >= 0.6 is 24.4 Å². The van der Waals surface area contributed by atoms with Gasteiger partial charge >= 0.3 is 11.9 Å². The van der Waals surface area contributed by atoms with Crippen molar-refractivity contribution >= 4 is 131 Å². The van der Waals surface area contributed by atoms with E-state index in [0.717, 1.165) is 6.92 Å². The summed E-state index contributed by atoms with van der Waals surface area (Å²) in [5, 5.41) is 85.8. The summed E-state index contributed by atoms with van der Waals surface area (Å²) < 4.78 is 0. The number of nitrogens with two attached hydrogens (primary N) is 5. The predicted molar refractivity (Wildman–Crippen MR) is 403 cm³/mol. The lowest BCUT2D eigenvalue weighted by molar-refractivity contribution is -0.142. The van der Waals surface area contributed by atoms with Crippen LogP contribution in [0, 0.1) is 11.8 Å². The molecule has 0 rings (SSSR count). The number of carbonyl (C=O) groups excluding carboxylic acids is 16. The Morgan fingerprint density at radius 3 is 1.18 bits per heavy atom. The molecule has 45 heteroatoms. The van der Waals surface area contributed by atoms with Crippen molar-refractivity contribution in [3.8, 4) is 0 Å². The molecule has 0 aliphatic carbocycles. The van der Waals surface area contributed by atoms with Gasteiger partial charge in [-0.2, -0.15) is 11.8 Å². The summed E-state index contributed by atoms with van der Waals surface area (Å²) in [7, 11) is 0. The van der Waals surface area contributed by atoms with E-state index in [1.807, 2.05) is 0 Å². The molecule has 0 spiro atoms. The zero-order valence-corrected chi connectivity index (χ0v) is 65.3. The Balaban J connectivity index is 6.50. The number of carbonyl (C=O) groups is 18. The highest BCUT2D eigenvalue weighted by Gasteiger charge is 2.39. The summed E-state index contributed by atoms with van der Waals surface area (Å²) in [5.41, 5.74) is 27.9. The number of amides is 16. The van der Waals surface area contributed by atoms with E-state index in [1.165, 1.54) is 18.7 Å². The molecule has 0 unspecified atom stereocenters. The van der Waals surface area contributed by atoms with Gasteiger partial charge < -0.3 is 134 Å². The van der Waals surface area contributed by atoms with E-state index in [4.69, 9.17) is 41.3 Å². The van der Waals surface area contributed by atoms with Crippen LogP contribution in [0.1, 0.15) is 138 Å². The molecule has 0 saturated carbocycles. The first kappa shape index (κ1) is 102. The fourth-order valence-corrected chi connectivity index (χ4v) is 10.7. The van der Waals surface area contributed by atoms with Crippen LogP contribution in [0.15, 0.2) is 0 Å². The van der Waals surface area contributed by atoms with Crippen molar-refractivity contribution < 1.29 is 112 Å². The molecule has 631 valence electrons. The van der Waals surface area contributed by atoms with Crippen molar-refractivity contribution in [1.29, 1.82) is 0 Å². The smallest absolute Gasteiger partial charge is 0.326 e. The van der Waals surface area contributed by atoms with Gasteiger partial charge in [-0.1, -0.05) is 46.7 Å². The number of aliphatic hydroxyl groups is 3. The average Bonchev–Trinajstić information content (AvgIpc) is 0.837. The van der Waals surface area contributed by atoms with E-state index in [1.54, 1.807) is 34.0 Å². The minimum atomic E-state index is -1.92. The van der Waals surface area contributed by atoms with Crippen LogP contribution in [-0.2, 0) is 86.3 Å². The van der Waals surface area contributed by atoms with Crippen molar-refractivity contribution in [2.75, 3.05) is 70.2 Å². The second-order valence-electron chi connectivity index (χ2n) is 26.4. The molecule has 0 aliphatic heterocycles. The third-order valence-electron chi connectivity index (χ3n) is 16.9. The van der Waals surface area contributed by atoms with Crippen molar-refractivity contribution in [2.45, 2.75) is 223 Å². The SMILES string of the molecule is CC[C@@H](C)[C@H](NC(=O)[C@@H](NC(=O)[C@H](CO)NC(=O)[C@H](CCCCN)NC(=O)CNC(=O)[C@H](CO)NC(=O)[C@H](CCC(=O)O)NC(=O)CNC(=O)[C@H](C)NC(=O)CNC(=O)[C@@H](N)C[S])[C@H](C)O)C(=O)N[C@H](C(=O)N[C@@H](CCCCN)C(=O)N[C@@H](CCC(N)=O)C(=O)N[C@@H](CCSC)C(=O)N[C@@H](CCCCN)C(=O)O)C(C)C. The number of carboxylic acid groups (broad SMARTS) is 2. The van der Waals surface area contributed by atoms with Gasteiger partial charge in [0, 0.05) is 18.6 Å². The van der Waals surface area contributed by atoms with Gasteiger partial charge in [0.2, 0.25) is 94.5 Å². The molecule has 30 N–H and O–H groups in total. The molecule has 16 amide bonds. The molecular formula is C66H117N20O23S2. The number of primary amides is 1. The minimum Gasteiger partial charge on any atom is -0.481 e. The first-order chi connectivity index (χ1) is 52.3. The molecule has 0 aromatic heterocycles. The molecule has 15 atom stereocenters. The first-order valence-corrected chi connectivity index (χ1v) is 38.3. The highest BCUT2D eigenvalue weighted by molar-refractivity contribution is 7.98. The summed E-state index contributed by atoms with van der Waals surface area (Å²) in [6.45, 7) is 4.59. The quantitative estimate of drug-likeness (QED) is 0.0251. The fourth-order valence-electron chi connectivity index (χ4n) is 10.1. The second-order valence-corrected chi connectivity index (χ2v) is 27.7. The van der Waals surface area contributed by atoms with Crippen LogP contribution in [-0.4, -0.2) is 287 Å². The lowest BCUT2D eigenvalue weighted by Gasteiger charge is -2.31. The van der Waals surface area contributed by atoms with Gasteiger partial charge in [0.05, 0.1) is 45.0 Å². The van der Waals surface area contributed by atoms with Gasteiger partial charge in [0.1, 0.15) is 72.5 Å². The van der Waals surface area contributed by atoms with Crippen LogP contribution in [0.5, 0.6) is 0 Å². The topological polar surface area (TPSA) is 719 Å². The number of hydrogen-bond acceptors (Lipinski definition) is 26. The third-order valence-corrected chi connectivity index (χ3v) is 17.9. The highest BCUT2D eigenvalue weighted by atomic mass is 32.2. The minimum absolute atomic E-state index is 0.0189. The zero-order chi connectivity index (χ0) is 84.6. The largest absolute Gasteiger partial charge is 0.481 e. The Morgan fingerprint density at radius 2 is 0.757 bits per heavy atom. The van der Waals surface area contributed by atoms with Gasteiger partial charge in [0.25, 0.3) is 0 Å². The fraction of sp³-hybridized carbons (Fsp3) is 0.727. The number of unbranched alkanes of at least 4 members (excludes halogenated alkanes) is 3. The maximum Gasteiger partial charge on any atom is 0.326 e. The molecule has 0 aromatic carbocycles. The van der Waals surface area contributed by atoms with Crippen molar-refractivity contribution in [1.82, 2.24) is 79.8 Å². The molecule has 0 aliphatic rings. The number of aliphatic hydroxyl groups excluding tert-OH is 3. The van der Waals surface area contributed by atoms with E-state index >= 15 is 0 Å². The average molecular weight is 1620 g/mol. The zero-order valence-electron chi connectivity index (χ0n) is 63.7. The maximum absolute atomic E-state index is 14.4. The summed E-state index contributed by atoms with van der Waals surface area (Å²) >= 11 is 6.02. The normalized spacial score (nSPS) is 15.1. The van der Waals surface area contributed by atoms with Gasteiger partial charge in [-0.15, -0.1) is 0 Å². The monoisotopic (exact) mass is 1620 g/mol. The standard InChI is InChI=1S/C66H117N20O23S2/c1-8-34(4)52(64(106)84-51(33(2)3)63(105)80-39(16-10-13-24-68)58(100)78-41(18-20-46(71)90)60(102)79-42(22-26-111-7)61(103)81-43(66(108)109)17-11-14-25-69)85-65(107)53(36(6)89)86-62(104)45(31-88)83-57(99)38(15-9-12-23-67)76-49(93)29-74-56(98)44(30-87)82-59(101)40(19-21-50(94)95)77-48(92)28-72-54(96)35(5)75-47(91)27-73-55(97)37(70)32-110/h33-45,51-53,87-89H,8-32,67-70H2,1-7H3,(H2,71,90)(H,72,96)(H,73,97)(H,74,98)(H,75,91)(H,76,93)(H,77,92)(H,78,100)(H,79,102)(H,80,105)(H,81,103)(H,82,101)(H,83,99)(H,84,106)(H,85,107)(H,86,104)(H,94,95)(H,108,109)/t34-,35+,36+,37+,38+,39+,40+,41+,42+,43+,44+,45+,51+,52+,53+/m1/s1. The number of nitrogens with one attached hydrogen (secondary N) is 15. The number of hydrogen-bond donors (Lipinski definition) is 25. The lowest BCUT2D eigenvalue weighted by Crippen LogP contribution is -2.63. The van der Waals surface area contributed by atoms with Crippen LogP contribution < -0.4 is 108 Å². The van der Waals surface area contributed by atoms with Crippen LogP contribution in [0.4, 0.5) is 0 Å². The Morgan fingerprint density at radius 1 is 0.405 bits per heavy atom. The van der Waals surface area contributed by atoms with Crippen LogP contribution in [0.3, 0.4) is 0 Å². The molecule has 0 saturated heterocycles. The summed E-state index contributed by atoms with van der Waals surface area (Å²) in [5.74, 6) is -20.0.